The summed E-state index contributed by atoms with van der Waals surface area (Å²) in [5.74, 6) is -1.24. The summed E-state index contributed by atoms with van der Waals surface area (Å²) in [7, 11) is 2.00. The molecule has 0 aliphatic carbocycles. The third kappa shape index (κ3) is 5.11. The molecular weight excluding hydrogens is 364 g/mol. The molecule has 2 amide bonds. The molecule has 0 spiro atoms. The quantitative estimate of drug-likeness (QED) is 0.746. The van der Waals surface area contributed by atoms with Gasteiger partial charge in [0.2, 0.25) is 0 Å². The van der Waals surface area contributed by atoms with Crippen LogP contribution < -0.4 is 10.6 Å². The number of nitrogens with one attached hydrogen (secondary N) is 2. The van der Waals surface area contributed by atoms with Gasteiger partial charge in [-0.3, -0.25) is 14.5 Å². The largest absolute Gasteiger partial charge is 0.353 e. The van der Waals surface area contributed by atoms with Crippen molar-refractivity contribution in [1.29, 1.82) is 0 Å². The number of carbonyl (C=O) groups excluding carboxylic acids is 2. The van der Waals surface area contributed by atoms with Crippen LogP contribution in [0.25, 0.3) is 0 Å². The highest BCUT2D eigenvalue weighted by atomic mass is 35.5. The number of carbonyl (C=O) groups is 2. The van der Waals surface area contributed by atoms with E-state index in [1.54, 1.807) is 12.1 Å². The highest BCUT2D eigenvalue weighted by molar-refractivity contribution is 6.35. The van der Waals surface area contributed by atoms with Crippen LogP contribution in [0.2, 0.25) is 5.02 Å². The van der Waals surface area contributed by atoms with Crippen LogP contribution >= 0.6 is 11.6 Å². The lowest BCUT2D eigenvalue weighted by Gasteiger charge is -2.28. The molecule has 1 atom stereocenters. The van der Waals surface area contributed by atoms with Crippen molar-refractivity contribution in [2.45, 2.75) is 25.4 Å². The Kier molecular flexibility index (Phi) is 6.53. The molecule has 1 unspecified atom stereocenters. The molecule has 1 saturated heterocycles. The minimum absolute atomic E-state index is 0.0699. The number of aryl methyl sites for hydroxylation is 1. The molecule has 1 aromatic heterocycles. The van der Waals surface area contributed by atoms with Gasteiger partial charge in [-0.05, 0) is 55.8 Å². The molecule has 1 fully saturated rings. The fourth-order valence-electron chi connectivity index (χ4n) is 3.43. The maximum Gasteiger partial charge on any atom is 0.309 e. The standard InChI is InChI=1S/C20H25ClN4O2/c1-24-10-4-5-17(24)18(25-11-2-3-12-25)14-23-20(27)19(26)22-13-15-6-8-16(21)9-7-15/h4-10,18H,2-3,11-14H2,1H3,(H,22,26)(H,23,27). The predicted octanol–water partition coefficient (Wildman–Crippen LogP) is 2.25. The van der Waals surface area contributed by atoms with Gasteiger partial charge in [0.25, 0.3) is 0 Å². The lowest BCUT2D eigenvalue weighted by molar-refractivity contribution is -0.139. The van der Waals surface area contributed by atoms with E-state index in [0.29, 0.717) is 11.6 Å². The van der Waals surface area contributed by atoms with Crippen LogP contribution in [0.5, 0.6) is 0 Å². The topological polar surface area (TPSA) is 66.4 Å². The summed E-state index contributed by atoms with van der Waals surface area (Å²) in [6, 6.07) is 11.3. The molecule has 2 N–H and O–H groups in total. The Morgan fingerprint density at radius 1 is 1.07 bits per heavy atom. The Morgan fingerprint density at radius 3 is 2.37 bits per heavy atom. The second-order valence-electron chi connectivity index (χ2n) is 6.82. The average molecular weight is 389 g/mol. The molecule has 27 heavy (non-hydrogen) atoms. The minimum Gasteiger partial charge on any atom is -0.353 e. The van der Waals surface area contributed by atoms with Crippen molar-refractivity contribution in [3.8, 4) is 0 Å². The highest BCUT2D eigenvalue weighted by Gasteiger charge is 2.26. The molecule has 7 heteroatoms. The number of nitrogens with zero attached hydrogens (tertiary/aromatic N) is 2. The molecule has 6 nitrogen and oxygen atoms in total. The first kappa shape index (κ1) is 19.5. The lowest BCUT2D eigenvalue weighted by Crippen LogP contribution is -2.43. The maximum absolute atomic E-state index is 12.2. The summed E-state index contributed by atoms with van der Waals surface area (Å²) >= 11 is 5.85. The van der Waals surface area contributed by atoms with E-state index in [2.05, 4.69) is 26.2 Å². The Morgan fingerprint density at radius 2 is 1.74 bits per heavy atom. The van der Waals surface area contributed by atoms with Crippen LogP contribution in [0, 0.1) is 0 Å². The first-order valence-electron chi connectivity index (χ1n) is 9.20. The molecule has 0 bridgehead atoms. The number of hydrogen-bond donors (Lipinski definition) is 2. The molecule has 1 aliphatic heterocycles. The molecule has 1 aliphatic rings. The second-order valence-corrected chi connectivity index (χ2v) is 7.26. The van der Waals surface area contributed by atoms with Crippen LogP contribution in [0.4, 0.5) is 0 Å². The zero-order valence-electron chi connectivity index (χ0n) is 15.5. The van der Waals surface area contributed by atoms with Crippen molar-refractivity contribution < 1.29 is 9.59 Å². The summed E-state index contributed by atoms with van der Waals surface area (Å²) in [5.41, 5.74) is 2.03. The number of benzene rings is 1. The number of amides is 2. The van der Waals surface area contributed by atoms with Gasteiger partial charge in [0.1, 0.15) is 0 Å². The Balaban J connectivity index is 1.54. The minimum atomic E-state index is -0.628. The smallest absolute Gasteiger partial charge is 0.309 e. The third-order valence-electron chi connectivity index (χ3n) is 4.94. The van der Waals surface area contributed by atoms with Crippen molar-refractivity contribution >= 4 is 23.4 Å². The Labute approximate surface area is 164 Å². The van der Waals surface area contributed by atoms with E-state index in [1.807, 2.05) is 31.4 Å². The van der Waals surface area contributed by atoms with Gasteiger partial charge in [-0.25, -0.2) is 0 Å². The molecule has 0 saturated carbocycles. The maximum atomic E-state index is 12.2. The van der Waals surface area contributed by atoms with Crippen LogP contribution in [0.1, 0.15) is 30.1 Å². The zero-order valence-corrected chi connectivity index (χ0v) is 16.2. The van der Waals surface area contributed by atoms with Gasteiger partial charge in [0, 0.05) is 37.1 Å². The van der Waals surface area contributed by atoms with E-state index in [0.717, 1.165) is 37.2 Å². The average Bonchev–Trinajstić information content (AvgIpc) is 3.34. The molecule has 2 aromatic rings. The summed E-state index contributed by atoms with van der Waals surface area (Å²) in [6.07, 6.45) is 4.33. The molecule has 3 rings (SSSR count). The van der Waals surface area contributed by atoms with Crippen molar-refractivity contribution in [3.05, 3.63) is 58.9 Å². The highest BCUT2D eigenvalue weighted by Crippen LogP contribution is 2.24. The van der Waals surface area contributed by atoms with Gasteiger partial charge in [0.15, 0.2) is 0 Å². The summed E-state index contributed by atoms with van der Waals surface area (Å²) < 4.78 is 2.07. The molecule has 1 aromatic carbocycles. The van der Waals surface area contributed by atoms with Crippen molar-refractivity contribution in [2.24, 2.45) is 7.05 Å². The van der Waals surface area contributed by atoms with E-state index in [-0.39, 0.29) is 12.6 Å². The van der Waals surface area contributed by atoms with E-state index in [9.17, 15) is 9.59 Å². The van der Waals surface area contributed by atoms with Gasteiger partial charge < -0.3 is 15.2 Å². The molecule has 144 valence electrons. The monoisotopic (exact) mass is 388 g/mol. The van der Waals surface area contributed by atoms with Crippen molar-refractivity contribution in [3.63, 3.8) is 0 Å². The summed E-state index contributed by atoms with van der Waals surface area (Å²) in [4.78, 5) is 26.7. The Bertz CT molecular complexity index is 782. The summed E-state index contributed by atoms with van der Waals surface area (Å²) in [6.45, 7) is 2.71. The fourth-order valence-corrected chi connectivity index (χ4v) is 3.55. The number of likely N-dealkylation sites (tertiary alicyclic amines) is 1. The van der Waals surface area contributed by atoms with Gasteiger partial charge in [0.05, 0.1) is 6.04 Å². The van der Waals surface area contributed by atoms with Gasteiger partial charge >= 0.3 is 11.8 Å². The first-order chi connectivity index (χ1) is 13.0. The van der Waals surface area contributed by atoms with E-state index < -0.39 is 11.8 Å². The van der Waals surface area contributed by atoms with E-state index >= 15 is 0 Å². The van der Waals surface area contributed by atoms with Crippen LogP contribution in [0.15, 0.2) is 42.6 Å². The number of aromatic nitrogens is 1. The van der Waals surface area contributed by atoms with Gasteiger partial charge in [-0.2, -0.15) is 0 Å². The second kappa shape index (κ2) is 9.06. The number of rotatable bonds is 6. The SMILES string of the molecule is Cn1cccc1C(CNC(=O)C(=O)NCc1ccc(Cl)cc1)N1CCCC1. The molecule has 0 radical (unpaired) electrons. The van der Waals surface area contributed by atoms with Gasteiger partial charge in [-0.15, -0.1) is 0 Å². The van der Waals surface area contributed by atoms with E-state index in [4.69, 9.17) is 11.6 Å². The zero-order chi connectivity index (χ0) is 19.2. The lowest BCUT2D eigenvalue weighted by atomic mass is 10.1. The van der Waals surface area contributed by atoms with Crippen LogP contribution in [0.3, 0.4) is 0 Å². The van der Waals surface area contributed by atoms with Crippen molar-refractivity contribution in [2.75, 3.05) is 19.6 Å². The summed E-state index contributed by atoms with van der Waals surface area (Å²) in [5, 5.41) is 6.07. The normalized spacial score (nSPS) is 15.5. The van der Waals surface area contributed by atoms with Crippen molar-refractivity contribution in [1.82, 2.24) is 20.1 Å². The molecule has 2 heterocycles. The first-order valence-corrected chi connectivity index (χ1v) is 9.58. The number of halogens is 1. The predicted molar refractivity (Wildman–Crippen MR) is 105 cm³/mol. The van der Waals surface area contributed by atoms with Crippen LogP contribution in [-0.2, 0) is 23.2 Å². The Hall–Kier alpha value is -2.31. The van der Waals surface area contributed by atoms with Crippen LogP contribution in [-0.4, -0.2) is 40.9 Å². The fraction of sp³-hybridized carbons (Fsp3) is 0.400. The van der Waals surface area contributed by atoms with Gasteiger partial charge in [-0.1, -0.05) is 23.7 Å². The third-order valence-corrected chi connectivity index (χ3v) is 5.19. The molecular formula is C20H25ClN4O2. The number of hydrogen-bond acceptors (Lipinski definition) is 3. The van der Waals surface area contributed by atoms with E-state index in [1.165, 1.54) is 0 Å².